The Morgan fingerprint density at radius 1 is 0.941 bits per heavy atom. The first-order valence-corrected chi connectivity index (χ1v) is 11.5. The molecule has 2 heterocycles. The number of benzene rings is 2. The summed E-state index contributed by atoms with van der Waals surface area (Å²) in [5.41, 5.74) is 3.16. The van der Waals surface area contributed by atoms with Gasteiger partial charge in [-0.3, -0.25) is 14.4 Å². The minimum Gasteiger partial charge on any atom is -0.493 e. The number of ether oxygens (including phenoxy) is 3. The number of piperidine rings is 1. The van der Waals surface area contributed by atoms with Gasteiger partial charge in [0.1, 0.15) is 0 Å². The number of carbonyl (C=O) groups is 3. The van der Waals surface area contributed by atoms with E-state index in [1.165, 1.54) is 7.11 Å². The van der Waals surface area contributed by atoms with E-state index in [1.807, 2.05) is 24.3 Å². The maximum absolute atomic E-state index is 13.6. The second kappa shape index (κ2) is 10.2. The lowest BCUT2D eigenvalue weighted by atomic mass is 9.89. The van der Waals surface area contributed by atoms with Crippen LogP contribution < -0.4 is 14.4 Å². The van der Waals surface area contributed by atoms with Crippen molar-refractivity contribution in [3.63, 3.8) is 0 Å². The fourth-order valence-corrected chi connectivity index (χ4v) is 4.76. The van der Waals surface area contributed by atoms with Crippen molar-refractivity contribution in [2.75, 3.05) is 39.3 Å². The lowest BCUT2D eigenvalue weighted by Crippen LogP contribution is -2.41. The minimum atomic E-state index is -0.494. The Balaban J connectivity index is 1.63. The first kappa shape index (κ1) is 23.6. The molecule has 0 aromatic heterocycles. The first-order chi connectivity index (χ1) is 16.5. The molecule has 1 saturated heterocycles. The van der Waals surface area contributed by atoms with Gasteiger partial charge in [0.25, 0.3) is 5.91 Å². The molecule has 2 aromatic carbocycles. The molecule has 0 radical (unpaired) electrons. The molecule has 1 fully saturated rings. The van der Waals surface area contributed by atoms with Crippen LogP contribution in [0.4, 0.5) is 5.69 Å². The van der Waals surface area contributed by atoms with Gasteiger partial charge in [0.05, 0.1) is 33.8 Å². The van der Waals surface area contributed by atoms with Crippen molar-refractivity contribution < 1.29 is 28.6 Å². The Hall–Kier alpha value is -3.55. The van der Waals surface area contributed by atoms with E-state index >= 15 is 0 Å². The van der Waals surface area contributed by atoms with Crippen molar-refractivity contribution in [3.05, 3.63) is 53.1 Å². The third kappa shape index (κ3) is 4.58. The average Bonchev–Trinajstić information content (AvgIpc) is 2.88. The van der Waals surface area contributed by atoms with E-state index in [2.05, 4.69) is 0 Å². The highest BCUT2D eigenvalue weighted by Gasteiger charge is 2.34. The number of esters is 1. The zero-order chi connectivity index (χ0) is 24.2. The molecule has 8 nitrogen and oxygen atoms in total. The van der Waals surface area contributed by atoms with Crippen LogP contribution in [0.25, 0.3) is 0 Å². The number of anilines is 1. The summed E-state index contributed by atoms with van der Waals surface area (Å²) in [5, 5.41) is 0. The Bertz CT molecular complexity index is 1080. The minimum absolute atomic E-state index is 0.0328. The van der Waals surface area contributed by atoms with Gasteiger partial charge in [-0.05, 0) is 66.8 Å². The molecule has 0 aliphatic carbocycles. The molecule has 2 aliphatic rings. The number of nitrogens with zero attached hydrogens (tertiary/aromatic N) is 2. The van der Waals surface area contributed by atoms with E-state index < -0.39 is 12.0 Å². The molecule has 8 heteroatoms. The highest BCUT2D eigenvalue weighted by Crippen LogP contribution is 2.40. The van der Waals surface area contributed by atoms with E-state index in [0.717, 1.165) is 29.7 Å². The number of hydrogen-bond donors (Lipinski definition) is 0. The predicted molar refractivity (Wildman–Crippen MR) is 126 cm³/mol. The summed E-state index contributed by atoms with van der Waals surface area (Å²) in [6.07, 6.45) is 3.10. The van der Waals surface area contributed by atoms with Crippen LogP contribution in [0.1, 0.15) is 53.2 Å². The summed E-state index contributed by atoms with van der Waals surface area (Å²) in [6, 6.07) is 10.4. The third-order valence-electron chi connectivity index (χ3n) is 6.60. The molecule has 0 bridgehead atoms. The van der Waals surface area contributed by atoms with Crippen LogP contribution in [0, 0.1) is 0 Å². The van der Waals surface area contributed by atoms with Crippen LogP contribution in [0.3, 0.4) is 0 Å². The number of hydrogen-bond acceptors (Lipinski definition) is 6. The number of rotatable bonds is 6. The van der Waals surface area contributed by atoms with E-state index in [4.69, 9.17) is 14.2 Å². The normalized spacial score (nSPS) is 17.7. The van der Waals surface area contributed by atoms with Gasteiger partial charge in [0, 0.05) is 30.8 Å². The summed E-state index contributed by atoms with van der Waals surface area (Å²) in [7, 11) is 4.48. The molecule has 1 unspecified atom stereocenters. The second-order valence-electron chi connectivity index (χ2n) is 8.50. The molecule has 34 heavy (non-hydrogen) atoms. The van der Waals surface area contributed by atoms with Crippen molar-refractivity contribution in [3.8, 4) is 11.5 Å². The summed E-state index contributed by atoms with van der Waals surface area (Å²) in [4.78, 5) is 41.6. The van der Waals surface area contributed by atoms with Gasteiger partial charge in [0.15, 0.2) is 11.5 Å². The Morgan fingerprint density at radius 3 is 2.29 bits per heavy atom. The van der Waals surface area contributed by atoms with Gasteiger partial charge in [-0.25, -0.2) is 0 Å². The van der Waals surface area contributed by atoms with Crippen LogP contribution in [0.5, 0.6) is 11.5 Å². The largest absolute Gasteiger partial charge is 0.493 e. The van der Waals surface area contributed by atoms with Crippen LogP contribution in [-0.2, 0) is 20.7 Å². The maximum Gasteiger partial charge on any atom is 0.307 e. The monoisotopic (exact) mass is 466 g/mol. The number of methoxy groups -OCH3 is 3. The van der Waals surface area contributed by atoms with Gasteiger partial charge >= 0.3 is 5.97 Å². The fourth-order valence-electron chi connectivity index (χ4n) is 4.76. The third-order valence-corrected chi connectivity index (χ3v) is 6.60. The van der Waals surface area contributed by atoms with Gasteiger partial charge in [-0.2, -0.15) is 0 Å². The molecule has 180 valence electrons. The summed E-state index contributed by atoms with van der Waals surface area (Å²) < 4.78 is 15.8. The van der Waals surface area contributed by atoms with E-state index in [9.17, 15) is 14.4 Å². The van der Waals surface area contributed by atoms with E-state index in [1.54, 1.807) is 36.2 Å². The Labute approximate surface area is 199 Å². The summed E-state index contributed by atoms with van der Waals surface area (Å²) in [6.45, 7) is 1.15. The first-order valence-electron chi connectivity index (χ1n) is 11.5. The van der Waals surface area contributed by atoms with Crippen molar-refractivity contribution in [1.82, 2.24) is 4.90 Å². The molecule has 1 atom stereocenters. The van der Waals surface area contributed by atoms with Crippen LogP contribution in [0.2, 0.25) is 0 Å². The SMILES string of the molecule is COC(=O)CC1c2cc(OC)c(OC)cc2CCN1C(=O)c1ccc(N2CCCCC2=O)cc1. The summed E-state index contributed by atoms with van der Waals surface area (Å²) in [5.74, 6) is 0.692. The number of amides is 2. The highest BCUT2D eigenvalue weighted by atomic mass is 16.5. The lowest BCUT2D eigenvalue weighted by molar-refractivity contribution is -0.142. The average molecular weight is 467 g/mol. The Kier molecular flexibility index (Phi) is 7.05. The highest BCUT2D eigenvalue weighted by molar-refractivity contribution is 5.97. The molecule has 0 spiro atoms. The quantitative estimate of drug-likeness (QED) is 0.606. The number of fused-ring (bicyclic) bond motifs is 1. The predicted octanol–water partition coefficient (Wildman–Crippen LogP) is 3.52. The molecule has 2 aliphatic heterocycles. The van der Waals surface area contributed by atoms with Crippen LogP contribution in [0.15, 0.2) is 36.4 Å². The van der Waals surface area contributed by atoms with Crippen molar-refractivity contribution in [2.24, 2.45) is 0 Å². The molecule has 0 saturated carbocycles. The molecule has 2 amide bonds. The molecule has 0 N–H and O–H groups in total. The smallest absolute Gasteiger partial charge is 0.307 e. The topological polar surface area (TPSA) is 85.4 Å². The van der Waals surface area contributed by atoms with Gasteiger partial charge in [0.2, 0.25) is 5.91 Å². The van der Waals surface area contributed by atoms with Gasteiger partial charge in [-0.15, -0.1) is 0 Å². The standard InChI is InChI=1S/C26H30N2O6/c1-32-22-14-18-11-13-28(21(16-25(30)34-3)20(18)15-23(22)33-2)26(31)17-7-9-19(10-8-17)27-12-5-4-6-24(27)29/h7-10,14-15,21H,4-6,11-13,16H2,1-3H3. The van der Waals surface area contributed by atoms with E-state index in [-0.39, 0.29) is 18.2 Å². The van der Waals surface area contributed by atoms with Crippen molar-refractivity contribution >= 4 is 23.5 Å². The molecule has 4 rings (SSSR count). The molecular weight excluding hydrogens is 436 g/mol. The second-order valence-corrected chi connectivity index (χ2v) is 8.50. The summed E-state index contributed by atoms with van der Waals surface area (Å²) >= 11 is 0. The Morgan fingerprint density at radius 2 is 1.65 bits per heavy atom. The van der Waals surface area contributed by atoms with Crippen LogP contribution >= 0.6 is 0 Å². The van der Waals surface area contributed by atoms with Crippen LogP contribution in [-0.4, -0.2) is 57.1 Å². The van der Waals surface area contributed by atoms with Gasteiger partial charge in [-0.1, -0.05) is 0 Å². The molecule has 2 aromatic rings. The fraction of sp³-hybridized carbons (Fsp3) is 0.423. The van der Waals surface area contributed by atoms with Crippen molar-refractivity contribution in [2.45, 2.75) is 38.1 Å². The zero-order valence-electron chi connectivity index (χ0n) is 19.8. The molecular formula is C26H30N2O6. The van der Waals surface area contributed by atoms with E-state index in [0.29, 0.717) is 43.0 Å². The number of carbonyl (C=O) groups excluding carboxylic acids is 3. The lowest BCUT2D eigenvalue weighted by Gasteiger charge is -2.37. The maximum atomic E-state index is 13.6. The van der Waals surface area contributed by atoms with Crippen molar-refractivity contribution in [1.29, 1.82) is 0 Å². The van der Waals surface area contributed by atoms with Gasteiger partial charge < -0.3 is 24.0 Å². The zero-order valence-corrected chi connectivity index (χ0v) is 19.8.